The molecule has 2 nitrogen and oxygen atoms in total. The quantitative estimate of drug-likeness (QED) is 0.732. The van der Waals surface area contributed by atoms with Gasteiger partial charge < -0.3 is 10.4 Å². The zero-order valence-electron chi connectivity index (χ0n) is 7.00. The molecule has 0 unspecified atom stereocenters. The van der Waals surface area contributed by atoms with Crippen molar-refractivity contribution in [3.05, 3.63) is 30.1 Å². The van der Waals surface area contributed by atoms with Gasteiger partial charge in [-0.2, -0.15) is 0 Å². The molecule has 0 fully saturated rings. The molecule has 4 heteroatoms. The number of halogens is 2. The maximum Gasteiger partial charge on any atom is 0.123 e. The van der Waals surface area contributed by atoms with E-state index in [0.29, 0.717) is 6.54 Å². The molecular weight excluding hydrogens is 193 g/mol. The molecule has 0 radical (unpaired) electrons. The van der Waals surface area contributed by atoms with Crippen LogP contribution in [0.3, 0.4) is 0 Å². The molecule has 1 aromatic carbocycles. The molecular formula is C9H11ClFNO. The molecule has 0 aliphatic rings. The van der Waals surface area contributed by atoms with Crippen molar-refractivity contribution >= 4 is 17.3 Å². The highest BCUT2D eigenvalue weighted by Gasteiger charge is 2.00. The third-order valence-electron chi connectivity index (χ3n) is 1.56. The number of rotatable bonds is 4. The predicted octanol–water partition coefficient (Wildman–Crippen LogP) is 1.84. The van der Waals surface area contributed by atoms with Gasteiger partial charge in [-0.1, -0.05) is 0 Å². The van der Waals surface area contributed by atoms with Gasteiger partial charge in [-0.15, -0.1) is 11.6 Å². The van der Waals surface area contributed by atoms with Crippen LogP contribution in [-0.2, 0) is 0 Å². The second-order valence-corrected chi connectivity index (χ2v) is 3.00. The first-order valence-corrected chi connectivity index (χ1v) is 4.49. The smallest absolute Gasteiger partial charge is 0.123 e. The number of hydrogen-bond acceptors (Lipinski definition) is 2. The lowest BCUT2D eigenvalue weighted by Crippen LogP contribution is -2.20. The number of alkyl halides is 1. The van der Waals surface area contributed by atoms with Crippen molar-refractivity contribution in [2.24, 2.45) is 0 Å². The van der Waals surface area contributed by atoms with Crippen LogP contribution in [0.4, 0.5) is 10.1 Å². The molecule has 0 saturated heterocycles. The van der Waals surface area contributed by atoms with Gasteiger partial charge >= 0.3 is 0 Å². The molecule has 0 bridgehead atoms. The van der Waals surface area contributed by atoms with E-state index in [0.717, 1.165) is 5.69 Å². The number of nitrogens with one attached hydrogen (secondary N) is 1. The summed E-state index contributed by atoms with van der Waals surface area (Å²) in [5.74, 6) is -0.0859. The number of anilines is 1. The Labute approximate surface area is 81.3 Å². The van der Waals surface area contributed by atoms with Gasteiger partial charge in [-0.05, 0) is 24.3 Å². The van der Waals surface area contributed by atoms with Crippen LogP contribution in [0, 0.1) is 5.82 Å². The average molecular weight is 204 g/mol. The van der Waals surface area contributed by atoms with E-state index >= 15 is 0 Å². The van der Waals surface area contributed by atoms with Crippen molar-refractivity contribution in [1.29, 1.82) is 0 Å². The first-order valence-electron chi connectivity index (χ1n) is 3.96. The van der Waals surface area contributed by atoms with Crippen molar-refractivity contribution < 1.29 is 9.50 Å². The molecule has 0 heterocycles. The van der Waals surface area contributed by atoms with E-state index in [1.807, 2.05) is 0 Å². The summed E-state index contributed by atoms with van der Waals surface area (Å²) < 4.78 is 12.5. The first-order chi connectivity index (χ1) is 6.22. The van der Waals surface area contributed by atoms with Crippen molar-refractivity contribution in [2.75, 3.05) is 17.7 Å². The Bertz CT molecular complexity index is 252. The van der Waals surface area contributed by atoms with Crippen LogP contribution in [-0.4, -0.2) is 23.6 Å². The highest BCUT2D eigenvalue weighted by Crippen LogP contribution is 2.07. The Kier molecular flexibility index (Phi) is 3.99. The Balaban J connectivity index is 2.41. The van der Waals surface area contributed by atoms with E-state index in [9.17, 15) is 4.39 Å². The molecule has 0 aromatic heterocycles. The summed E-state index contributed by atoms with van der Waals surface area (Å²) in [4.78, 5) is 0. The Morgan fingerprint density at radius 2 is 2.00 bits per heavy atom. The standard InChI is InChI=1S/C9H11ClFNO/c10-5-9(13)6-12-8-3-1-7(11)2-4-8/h1-4,9,12-13H,5-6H2/t9-/m0/s1. The molecule has 1 atom stereocenters. The van der Waals surface area contributed by atoms with Gasteiger partial charge in [-0.3, -0.25) is 0 Å². The molecule has 2 N–H and O–H groups in total. The van der Waals surface area contributed by atoms with Crippen LogP contribution in [0.5, 0.6) is 0 Å². The maximum absolute atomic E-state index is 12.5. The third-order valence-corrected chi connectivity index (χ3v) is 1.92. The number of aliphatic hydroxyl groups is 1. The zero-order valence-corrected chi connectivity index (χ0v) is 7.76. The summed E-state index contributed by atoms with van der Waals surface area (Å²) >= 11 is 5.39. The van der Waals surface area contributed by atoms with Gasteiger partial charge in [0.1, 0.15) is 5.82 Å². The Morgan fingerprint density at radius 1 is 1.38 bits per heavy atom. The first kappa shape index (κ1) is 10.3. The molecule has 1 rings (SSSR count). The van der Waals surface area contributed by atoms with Crippen molar-refractivity contribution in [1.82, 2.24) is 0 Å². The zero-order chi connectivity index (χ0) is 9.68. The van der Waals surface area contributed by atoms with E-state index in [1.54, 1.807) is 12.1 Å². The van der Waals surface area contributed by atoms with Gasteiger partial charge in [-0.25, -0.2) is 4.39 Å². The SMILES string of the molecule is O[C@@H](CCl)CNc1ccc(F)cc1. The average Bonchev–Trinajstić information content (AvgIpc) is 2.16. The fraction of sp³-hybridized carbons (Fsp3) is 0.333. The molecule has 0 aliphatic carbocycles. The summed E-state index contributed by atoms with van der Waals surface area (Å²) in [6.07, 6.45) is -0.577. The summed E-state index contributed by atoms with van der Waals surface area (Å²) in [6, 6.07) is 5.93. The van der Waals surface area contributed by atoms with Crippen molar-refractivity contribution in [3.63, 3.8) is 0 Å². The second kappa shape index (κ2) is 5.04. The van der Waals surface area contributed by atoms with E-state index in [2.05, 4.69) is 5.32 Å². The molecule has 72 valence electrons. The van der Waals surface area contributed by atoms with Gasteiger partial charge in [0, 0.05) is 12.2 Å². The minimum atomic E-state index is -0.577. The maximum atomic E-state index is 12.5. The molecule has 0 saturated carbocycles. The van der Waals surface area contributed by atoms with Crippen molar-refractivity contribution in [3.8, 4) is 0 Å². The molecule has 0 amide bonds. The predicted molar refractivity (Wildman–Crippen MR) is 51.6 cm³/mol. The Morgan fingerprint density at radius 3 is 2.54 bits per heavy atom. The van der Waals surface area contributed by atoms with Gasteiger partial charge in [0.2, 0.25) is 0 Å². The molecule has 13 heavy (non-hydrogen) atoms. The Hall–Kier alpha value is -0.800. The van der Waals surface area contributed by atoms with Crippen LogP contribution in [0.25, 0.3) is 0 Å². The lowest BCUT2D eigenvalue weighted by molar-refractivity contribution is 0.211. The van der Waals surface area contributed by atoms with E-state index in [-0.39, 0.29) is 11.7 Å². The van der Waals surface area contributed by atoms with Gasteiger partial charge in [0.25, 0.3) is 0 Å². The minimum absolute atomic E-state index is 0.189. The fourth-order valence-corrected chi connectivity index (χ4v) is 0.967. The van der Waals surface area contributed by atoms with Crippen LogP contribution < -0.4 is 5.32 Å². The summed E-state index contributed by atoms with van der Waals surface area (Å²) in [7, 11) is 0. The summed E-state index contributed by atoms with van der Waals surface area (Å²) in [6.45, 7) is 0.370. The largest absolute Gasteiger partial charge is 0.390 e. The van der Waals surface area contributed by atoms with Gasteiger partial charge in [0.15, 0.2) is 0 Å². The van der Waals surface area contributed by atoms with Crippen LogP contribution in [0.15, 0.2) is 24.3 Å². The lowest BCUT2D eigenvalue weighted by atomic mass is 10.3. The number of hydrogen-bond donors (Lipinski definition) is 2. The number of benzene rings is 1. The molecule has 0 aliphatic heterocycles. The van der Waals surface area contributed by atoms with Gasteiger partial charge in [0.05, 0.1) is 12.0 Å². The van der Waals surface area contributed by atoms with Crippen molar-refractivity contribution in [2.45, 2.75) is 6.10 Å². The summed E-state index contributed by atoms with van der Waals surface area (Å²) in [5.41, 5.74) is 0.769. The second-order valence-electron chi connectivity index (χ2n) is 2.70. The van der Waals surface area contributed by atoms with E-state index < -0.39 is 6.10 Å². The normalized spacial score (nSPS) is 12.5. The van der Waals surface area contributed by atoms with Crippen LogP contribution in [0.1, 0.15) is 0 Å². The monoisotopic (exact) mass is 203 g/mol. The lowest BCUT2D eigenvalue weighted by Gasteiger charge is -2.09. The highest BCUT2D eigenvalue weighted by atomic mass is 35.5. The van der Waals surface area contributed by atoms with E-state index in [4.69, 9.17) is 16.7 Å². The van der Waals surface area contributed by atoms with Crippen LogP contribution >= 0.6 is 11.6 Å². The van der Waals surface area contributed by atoms with E-state index in [1.165, 1.54) is 12.1 Å². The minimum Gasteiger partial charge on any atom is -0.390 e. The molecule has 0 spiro atoms. The summed E-state index contributed by atoms with van der Waals surface area (Å²) in [5, 5.41) is 12.0. The third kappa shape index (κ3) is 3.61. The fourth-order valence-electron chi connectivity index (χ4n) is 0.858. The topological polar surface area (TPSA) is 32.3 Å². The number of aliphatic hydroxyl groups excluding tert-OH is 1. The highest BCUT2D eigenvalue weighted by molar-refractivity contribution is 6.18. The van der Waals surface area contributed by atoms with Crippen LogP contribution in [0.2, 0.25) is 0 Å². The molecule has 1 aromatic rings.